The Bertz CT molecular complexity index is 341. The maximum atomic E-state index is 10.1. The van der Waals surface area contributed by atoms with Gasteiger partial charge in [0.05, 0.1) is 6.10 Å². The predicted octanol–water partition coefficient (Wildman–Crippen LogP) is 2.49. The molecule has 0 aromatic heterocycles. The maximum absolute atomic E-state index is 10.1. The lowest BCUT2D eigenvalue weighted by Gasteiger charge is -2.40. The summed E-state index contributed by atoms with van der Waals surface area (Å²) in [7, 11) is 0. The summed E-state index contributed by atoms with van der Waals surface area (Å²) in [6.45, 7) is 0. The van der Waals surface area contributed by atoms with Crippen LogP contribution in [0.5, 0.6) is 0 Å². The van der Waals surface area contributed by atoms with Gasteiger partial charge in [-0.1, -0.05) is 30.7 Å². The molecule has 74 valence electrons. The average molecular weight is 188 g/mol. The molecule has 2 atom stereocenters. The number of benzene rings is 1. The van der Waals surface area contributed by atoms with Crippen LogP contribution in [0.15, 0.2) is 24.3 Å². The van der Waals surface area contributed by atoms with Gasteiger partial charge >= 0.3 is 0 Å². The van der Waals surface area contributed by atoms with Crippen LogP contribution in [0.1, 0.15) is 36.3 Å². The van der Waals surface area contributed by atoms with E-state index in [2.05, 4.69) is 24.3 Å². The molecule has 0 aliphatic heterocycles. The summed E-state index contributed by atoms with van der Waals surface area (Å²) in [5.41, 5.74) is 2.84. The molecule has 2 aliphatic rings. The lowest BCUT2D eigenvalue weighted by molar-refractivity contribution is 0.0337. The van der Waals surface area contributed by atoms with Crippen LogP contribution in [0.2, 0.25) is 0 Å². The first kappa shape index (κ1) is 8.49. The van der Waals surface area contributed by atoms with E-state index in [1.807, 2.05) is 0 Å². The van der Waals surface area contributed by atoms with Crippen LogP contribution in [0.4, 0.5) is 0 Å². The van der Waals surface area contributed by atoms with Crippen LogP contribution in [0.25, 0.3) is 0 Å². The Morgan fingerprint density at radius 3 is 2.64 bits per heavy atom. The Morgan fingerprint density at radius 1 is 1.21 bits per heavy atom. The molecule has 14 heavy (non-hydrogen) atoms. The van der Waals surface area contributed by atoms with Crippen molar-refractivity contribution in [2.45, 2.75) is 37.7 Å². The Kier molecular flexibility index (Phi) is 1.88. The van der Waals surface area contributed by atoms with Gasteiger partial charge in [0.15, 0.2) is 0 Å². The van der Waals surface area contributed by atoms with E-state index in [0.29, 0.717) is 11.8 Å². The highest BCUT2D eigenvalue weighted by atomic mass is 16.3. The monoisotopic (exact) mass is 188 g/mol. The van der Waals surface area contributed by atoms with Crippen molar-refractivity contribution >= 4 is 0 Å². The van der Waals surface area contributed by atoms with Crippen molar-refractivity contribution in [3.8, 4) is 0 Å². The van der Waals surface area contributed by atoms with E-state index >= 15 is 0 Å². The van der Waals surface area contributed by atoms with Crippen LogP contribution in [0, 0.1) is 5.92 Å². The highest BCUT2D eigenvalue weighted by Gasteiger charge is 2.37. The second-order valence-corrected chi connectivity index (χ2v) is 4.69. The van der Waals surface area contributed by atoms with Crippen LogP contribution >= 0.6 is 0 Å². The fraction of sp³-hybridized carbons (Fsp3) is 0.538. The SMILES string of the molecule is OC(C1CCC1)C1Cc2ccccc21. The van der Waals surface area contributed by atoms with E-state index < -0.39 is 0 Å². The Hall–Kier alpha value is -0.820. The van der Waals surface area contributed by atoms with Gasteiger partial charge < -0.3 is 5.11 Å². The highest BCUT2D eigenvalue weighted by molar-refractivity contribution is 5.41. The van der Waals surface area contributed by atoms with Crippen LogP contribution in [-0.4, -0.2) is 11.2 Å². The molecular weight excluding hydrogens is 172 g/mol. The molecule has 1 fully saturated rings. The number of hydrogen-bond donors (Lipinski definition) is 1. The number of hydrogen-bond acceptors (Lipinski definition) is 1. The molecule has 1 saturated carbocycles. The summed E-state index contributed by atoms with van der Waals surface area (Å²) in [6, 6.07) is 8.52. The molecule has 0 bridgehead atoms. The van der Waals surface area contributed by atoms with Gasteiger partial charge in [-0.05, 0) is 36.3 Å². The van der Waals surface area contributed by atoms with Gasteiger partial charge in [0.25, 0.3) is 0 Å². The summed E-state index contributed by atoms with van der Waals surface area (Å²) in [4.78, 5) is 0. The lowest BCUT2D eigenvalue weighted by atomic mass is 9.67. The standard InChI is InChI=1S/C13H16O/c14-13(9-5-3-6-9)12-8-10-4-1-2-7-11(10)12/h1-2,4,7,9,12-14H,3,5-6,8H2. The third-order valence-corrected chi connectivity index (χ3v) is 3.94. The zero-order chi connectivity index (χ0) is 9.54. The average Bonchev–Trinajstić information content (AvgIpc) is 2.04. The summed E-state index contributed by atoms with van der Waals surface area (Å²) >= 11 is 0. The largest absolute Gasteiger partial charge is 0.392 e. The lowest BCUT2D eigenvalue weighted by Crippen LogP contribution is -2.37. The second-order valence-electron chi connectivity index (χ2n) is 4.69. The zero-order valence-electron chi connectivity index (χ0n) is 8.32. The molecule has 0 spiro atoms. The Balaban J connectivity index is 1.77. The first-order chi connectivity index (χ1) is 6.86. The van der Waals surface area contributed by atoms with Gasteiger partial charge in [0.2, 0.25) is 0 Å². The predicted molar refractivity (Wildman–Crippen MR) is 56.2 cm³/mol. The van der Waals surface area contributed by atoms with Crippen molar-refractivity contribution in [2.75, 3.05) is 0 Å². The number of aliphatic hydroxyl groups is 1. The zero-order valence-corrected chi connectivity index (χ0v) is 8.32. The molecule has 1 aromatic rings. The Labute approximate surface area is 84.8 Å². The minimum absolute atomic E-state index is 0.0707. The summed E-state index contributed by atoms with van der Waals surface area (Å²) < 4.78 is 0. The highest BCUT2D eigenvalue weighted by Crippen LogP contribution is 2.43. The first-order valence-corrected chi connectivity index (χ1v) is 5.62. The topological polar surface area (TPSA) is 20.2 Å². The van der Waals surface area contributed by atoms with E-state index in [9.17, 15) is 5.11 Å². The van der Waals surface area contributed by atoms with Crippen molar-refractivity contribution < 1.29 is 5.11 Å². The van der Waals surface area contributed by atoms with Gasteiger partial charge in [-0.25, -0.2) is 0 Å². The number of rotatable bonds is 2. The van der Waals surface area contributed by atoms with Crippen LogP contribution in [-0.2, 0) is 6.42 Å². The van der Waals surface area contributed by atoms with E-state index in [4.69, 9.17) is 0 Å². The van der Waals surface area contributed by atoms with Crippen molar-refractivity contribution in [1.29, 1.82) is 0 Å². The minimum atomic E-state index is -0.0707. The van der Waals surface area contributed by atoms with Crippen molar-refractivity contribution in [3.05, 3.63) is 35.4 Å². The fourth-order valence-electron chi connectivity index (χ4n) is 2.71. The number of fused-ring (bicyclic) bond motifs is 1. The molecule has 1 nitrogen and oxygen atoms in total. The van der Waals surface area contributed by atoms with Gasteiger partial charge in [-0.3, -0.25) is 0 Å². The second kappa shape index (κ2) is 3.09. The Morgan fingerprint density at radius 2 is 2.00 bits per heavy atom. The van der Waals surface area contributed by atoms with Crippen LogP contribution in [0.3, 0.4) is 0 Å². The molecule has 0 radical (unpaired) electrons. The quantitative estimate of drug-likeness (QED) is 0.756. The molecule has 2 unspecified atom stereocenters. The summed E-state index contributed by atoms with van der Waals surface area (Å²) in [5, 5.41) is 10.1. The molecule has 1 heteroatoms. The van der Waals surface area contributed by atoms with E-state index in [1.165, 1.54) is 30.4 Å². The molecule has 0 heterocycles. The smallest absolute Gasteiger partial charge is 0.0640 e. The first-order valence-electron chi connectivity index (χ1n) is 5.62. The third-order valence-electron chi connectivity index (χ3n) is 3.94. The van der Waals surface area contributed by atoms with E-state index in [1.54, 1.807) is 0 Å². The number of aliphatic hydroxyl groups excluding tert-OH is 1. The third kappa shape index (κ3) is 1.12. The van der Waals surface area contributed by atoms with Crippen LogP contribution < -0.4 is 0 Å². The van der Waals surface area contributed by atoms with Gasteiger partial charge in [-0.15, -0.1) is 0 Å². The van der Waals surface area contributed by atoms with Gasteiger partial charge in [0.1, 0.15) is 0 Å². The molecule has 1 N–H and O–H groups in total. The minimum Gasteiger partial charge on any atom is -0.392 e. The summed E-state index contributed by atoms with van der Waals surface area (Å²) in [5.74, 6) is 1.03. The molecule has 0 saturated heterocycles. The molecule has 0 amide bonds. The fourth-order valence-corrected chi connectivity index (χ4v) is 2.71. The van der Waals surface area contributed by atoms with Crippen molar-refractivity contribution in [2.24, 2.45) is 5.92 Å². The van der Waals surface area contributed by atoms with Gasteiger partial charge in [0, 0.05) is 5.92 Å². The molecule has 1 aromatic carbocycles. The van der Waals surface area contributed by atoms with Crippen molar-refractivity contribution in [1.82, 2.24) is 0 Å². The summed E-state index contributed by atoms with van der Waals surface area (Å²) in [6.07, 6.45) is 4.81. The van der Waals surface area contributed by atoms with Gasteiger partial charge in [-0.2, -0.15) is 0 Å². The van der Waals surface area contributed by atoms with E-state index in [-0.39, 0.29) is 6.10 Å². The maximum Gasteiger partial charge on any atom is 0.0640 e. The molecule has 3 rings (SSSR count). The van der Waals surface area contributed by atoms with Crippen molar-refractivity contribution in [3.63, 3.8) is 0 Å². The normalized spacial score (nSPS) is 27.4. The molecular formula is C13H16O. The van der Waals surface area contributed by atoms with E-state index in [0.717, 1.165) is 6.42 Å². The molecule has 2 aliphatic carbocycles.